The van der Waals surface area contributed by atoms with Gasteiger partial charge in [-0.25, -0.2) is 0 Å². The van der Waals surface area contributed by atoms with Crippen molar-refractivity contribution in [1.29, 1.82) is 0 Å². The summed E-state index contributed by atoms with van der Waals surface area (Å²) in [5.41, 5.74) is 4.69. The Labute approximate surface area is 180 Å². The van der Waals surface area contributed by atoms with E-state index in [1.807, 2.05) is 18.2 Å². The van der Waals surface area contributed by atoms with Crippen LogP contribution in [-0.4, -0.2) is 13.2 Å². The van der Waals surface area contributed by atoms with Crippen molar-refractivity contribution in [3.8, 4) is 0 Å². The van der Waals surface area contributed by atoms with Crippen LogP contribution in [0.5, 0.6) is 0 Å². The molecule has 0 aromatic heterocycles. The third-order valence-electron chi connectivity index (χ3n) is 6.60. The molecule has 0 spiro atoms. The Morgan fingerprint density at radius 2 is 1.36 bits per heavy atom. The summed E-state index contributed by atoms with van der Waals surface area (Å²) in [6.45, 7) is 9.29. The second-order valence-electron chi connectivity index (χ2n) is 9.14. The fourth-order valence-corrected chi connectivity index (χ4v) is 8.04. The molecule has 142 valence electrons. The van der Waals surface area contributed by atoms with Gasteiger partial charge in [0.2, 0.25) is 0 Å². The first-order valence-electron chi connectivity index (χ1n) is 9.58. The molecule has 0 saturated carbocycles. The molecular formula is C24H22BrClOSi. The number of benzene rings is 3. The molecule has 2 atom stereocenters. The first-order valence-corrected chi connectivity index (χ1v) is 14.3. The predicted molar refractivity (Wildman–Crippen MR) is 123 cm³/mol. The molecule has 2 unspecified atom stereocenters. The molecule has 0 amide bonds. The van der Waals surface area contributed by atoms with Crippen molar-refractivity contribution < 1.29 is 5.11 Å². The summed E-state index contributed by atoms with van der Waals surface area (Å²) < 4.78 is 0.931. The molecule has 2 bridgehead atoms. The lowest BCUT2D eigenvalue weighted by Gasteiger charge is -2.55. The summed E-state index contributed by atoms with van der Waals surface area (Å²) in [4.78, 5) is 0. The molecule has 1 nitrogen and oxygen atoms in total. The Hall–Kier alpha value is -1.39. The first-order chi connectivity index (χ1) is 13.1. The molecule has 3 aromatic rings. The molecule has 0 fully saturated rings. The zero-order valence-corrected chi connectivity index (χ0v) is 19.7. The lowest BCUT2D eigenvalue weighted by Crippen LogP contribution is -2.56. The summed E-state index contributed by atoms with van der Waals surface area (Å²) >= 11 is 10.5. The Morgan fingerprint density at radius 1 is 0.821 bits per heavy atom. The van der Waals surface area contributed by atoms with E-state index in [2.05, 4.69) is 78.9 Å². The van der Waals surface area contributed by atoms with Gasteiger partial charge >= 0.3 is 0 Å². The van der Waals surface area contributed by atoms with Crippen LogP contribution in [0.25, 0.3) is 0 Å². The lowest BCUT2D eigenvalue weighted by molar-refractivity contribution is 0.108. The molecule has 28 heavy (non-hydrogen) atoms. The van der Waals surface area contributed by atoms with Crippen LogP contribution in [0.4, 0.5) is 0 Å². The van der Waals surface area contributed by atoms with Gasteiger partial charge in [-0.3, -0.25) is 0 Å². The van der Waals surface area contributed by atoms with Crippen LogP contribution in [-0.2, 0) is 11.0 Å². The molecular weight excluding hydrogens is 448 g/mol. The predicted octanol–water partition coefficient (Wildman–Crippen LogP) is 5.91. The maximum Gasteiger partial charge on any atom is 0.143 e. The Kier molecular flexibility index (Phi) is 3.73. The molecule has 0 radical (unpaired) electrons. The van der Waals surface area contributed by atoms with Crippen molar-refractivity contribution >= 4 is 40.8 Å². The van der Waals surface area contributed by atoms with Crippen molar-refractivity contribution in [3.05, 3.63) is 97.5 Å². The van der Waals surface area contributed by atoms with Crippen LogP contribution in [0.1, 0.15) is 40.3 Å². The van der Waals surface area contributed by atoms with Crippen LogP contribution in [0.3, 0.4) is 0 Å². The number of aliphatic hydroxyl groups is 1. The Bertz CT molecular complexity index is 1110. The number of rotatable bonds is 1. The van der Waals surface area contributed by atoms with E-state index in [1.54, 1.807) is 0 Å². The van der Waals surface area contributed by atoms with E-state index >= 15 is 0 Å². The normalized spacial score (nSPS) is 24.5. The highest BCUT2D eigenvalue weighted by Crippen LogP contribution is 2.62. The summed E-state index contributed by atoms with van der Waals surface area (Å²) in [6, 6.07) is 18.8. The quantitative estimate of drug-likeness (QED) is 0.439. The van der Waals surface area contributed by atoms with Crippen molar-refractivity contribution in [3.63, 3.8) is 0 Å². The molecule has 0 aliphatic heterocycles. The molecule has 3 aromatic carbocycles. The highest BCUT2D eigenvalue weighted by Gasteiger charge is 2.59. The highest BCUT2D eigenvalue weighted by molar-refractivity contribution is 9.10. The fourth-order valence-electron chi connectivity index (χ4n) is 5.41. The molecule has 0 heterocycles. The topological polar surface area (TPSA) is 20.2 Å². The van der Waals surface area contributed by atoms with Gasteiger partial charge in [-0.1, -0.05) is 94.8 Å². The third kappa shape index (κ3) is 2.01. The number of halogens is 2. The molecule has 0 saturated heterocycles. The van der Waals surface area contributed by atoms with Crippen LogP contribution in [0.15, 0.2) is 59.1 Å². The molecule has 3 aliphatic rings. The zero-order chi connectivity index (χ0) is 20.1. The molecule has 1 N–H and O–H groups in total. The van der Waals surface area contributed by atoms with E-state index in [1.165, 1.54) is 10.8 Å². The highest BCUT2D eigenvalue weighted by atomic mass is 79.9. The van der Waals surface area contributed by atoms with Gasteiger partial charge in [-0.2, -0.15) is 0 Å². The second kappa shape index (κ2) is 5.60. The maximum atomic E-state index is 12.6. The lowest BCUT2D eigenvalue weighted by atomic mass is 9.52. The van der Waals surface area contributed by atoms with Crippen LogP contribution < -0.4 is 5.19 Å². The fraction of sp³-hybridized carbons (Fsp3) is 0.250. The summed E-state index contributed by atoms with van der Waals surface area (Å²) in [5.74, 6) is 0. The van der Waals surface area contributed by atoms with Gasteiger partial charge in [0, 0.05) is 26.0 Å². The largest absolute Gasteiger partial charge is 0.376 e. The van der Waals surface area contributed by atoms with Crippen LogP contribution in [0, 0.1) is 0 Å². The van der Waals surface area contributed by atoms with Gasteiger partial charge in [0.25, 0.3) is 0 Å². The summed E-state index contributed by atoms with van der Waals surface area (Å²) in [7, 11) is -1.73. The van der Waals surface area contributed by atoms with Gasteiger partial charge in [-0.05, 0) is 41.3 Å². The van der Waals surface area contributed by atoms with Crippen LogP contribution >= 0.6 is 27.5 Å². The SMILES string of the molecule is CC12c3cccc(Cl)c3C(O)(c3c(Br)cccc31)c1c2cccc1[Si](C)(C)C. The molecule has 4 heteroatoms. The third-order valence-corrected chi connectivity index (χ3v) is 9.61. The average molecular weight is 470 g/mol. The first kappa shape index (κ1) is 18.6. The van der Waals surface area contributed by atoms with Gasteiger partial charge in [-0.15, -0.1) is 0 Å². The minimum Gasteiger partial charge on any atom is -0.376 e. The van der Waals surface area contributed by atoms with Crippen molar-refractivity contribution in [1.82, 2.24) is 0 Å². The minimum atomic E-state index is -1.73. The van der Waals surface area contributed by atoms with Crippen molar-refractivity contribution in [2.45, 2.75) is 37.6 Å². The van der Waals surface area contributed by atoms with E-state index in [9.17, 15) is 5.11 Å². The summed E-state index contributed by atoms with van der Waals surface area (Å²) in [5, 5.41) is 14.5. The van der Waals surface area contributed by atoms with Gasteiger partial charge in [0.05, 0.1) is 8.07 Å². The van der Waals surface area contributed by atoms with E-state index in [-0.39, 0.29) is 5.41 Å². The maximum absolute atomic E-state index is 12.6. The van der Waals surface area contributed by atoms with Gasteiger partial charge in [0.1, 0.15) is 5.60 Å². The molecule has 3 aliphatic carbocycles. The monoisotopic (exact) mass is 468 g/mol. The van der Waals surface area contributed by atoms with Gasteiger partial charge in [0.15, 0.2) is 0 Å². The van der Waals surface area contributed by atoms with E-state index in [0.29, 0.717) is 5.02 Å². The minimum absolute atomic E-state index is 0.352. The van der Waals surface area contributed by atoms with E-state index < -0.39 is 13.7 Å². The molecule has 6 rings (SSSR count). The second-order valence-corrected chi connectivity index (χ2v) is 15.4. The van der Waals surface area contributed by atoms with Crippen molar-refractivity contribution in [2.75, 3.05) is 0 Å². The summed E-state index contributed by atoms with van der Waals surface area (Å²) in [6.07, 6.45) is 0. The van der Waals surface area contributed by atoms with Gasteiger partial charge < -0.3 is 5.11 Å². The van der Waals surface area contributed by atoms with Crippen LogP contribution in [0.2, 0.25) is 24.7 Å². The smallest absolute Gasteiger partial charge is 0.143 e. The number of hydrogen-bond acceptors (Lipinski definition) is 1. The van der Waals surface area contributed by atoms with E-state index in [4.69, 9.17) is 11.6 Å². The Morgan fingerprint density at radius 3 is 2.00 bits per heavy atom. The van der Waals surface area contributed by atoms with Crippen molar-refractivity contribution in [2.24, 2.45) is 0 Å². The van der Waals surface area contributed by atoms with E-state index in [0.717, 1.165) is 32.3 Å². The Balaban J connectivity index is 2.07. The zero-order valence-electron chi connectivity index (χ0n) is 16.4. The standard InChI is InChI=1S/C24H22BrClOSi/c1-23-14-8-5-11-17(25)20(14)24(27,21-15(23)9-6-12-18(21)26)22-16(23)10-7-13-19(22)28(2,3)4/h5-13,27H,1-4H3. The average Bonchev–Trinajstić information content (AvgIpc) is 2.63. The number of hydrogen-bond donors (Lipinski definition) is 1.